The molecule has 7 heteroatoms. The maximum atomic E-state index is 13.1. The Morgan fingerprint density at radius 3 is 2.36 bits per heavy atom. The van der Waals surface area contributed by atoms with Crippen molar-refractivity contribution in [1.82, 2.24) is 15.1 Å². The molecule has 3 aliphatic heterocycles. The van der Waals surface area contributed by atoms with Gasteiger partial charge in [-0.05, 0) is 55.7 Å². The first-order valence-electron chi connectivity index (χ1n) is 10.2. The molecule has 0 aromatic heterocycles. The molecule has 0 saturated carbocycles. The van der Waals surface area contributed by atoms with Crippen LogP contribution in [-0.2, 0) is 11.3 Å². The molecular weight excluding hydrogens is 400 g/mol. The van der Waals surface area contributed by atoms with Gasteiger partial charge in [-0.15, -0.1) is 24.8 Å². The van der Waals surface area contributed by atoms with E-state index in [4.69, 9.17) is 0 Å². The van der Waals surface area contributed by atoms with Gasteiger partial charge in [-0.25, -0.2) is 4.39 Å². The molecule has 0 radical (unpaired) electrons. The predicted octanol–water partition coefficient (Wildman–Crippen LogP) is 3.62. The average molecular weight is 432 g/mol. The number of carbonyl (C=O) groups excluding carboxylic acids is 1. The lowest BCUT2D eigenvalue weighted by atomic mass is 9.89. The molecule has 0 aliphatic carbocycles. The normalized spacial score (nSPS) is 27.5. The zero-order valence-corrected chi connectivity index (χ0v) is 17.9. The molecule has 3 heterocycles. The first kappa shape index (κ1) is 23.4. The van der Waals surface area contributed by atoms with Crippen molar-refractivity contribution in [2.75, 3.05) is 26.2 Å². The van der Waals surface area contributed by atoms with Crippen LogP contribution in [0.2, 0.25) is 0 Å². The molecule has 3 fully saturated rings. The smallest absolute Gasteiger partial charge is 0.222 e. The van der Waals surface area contributed by atoms with Crippen molar-refractivity contribution in [3.63, 3.8) is 0 Å². The summed E-state index contributed by atoms with van der Waals surface area (Å²) < 4.78 is 13.1. The summed E-state index contributed by atoms with van der Waals surface area (Å²) in [5.74, 6) is 0.729. The van der Waals surface area contributed by atoms with Gasteiger partial charge >= 0.3 is 0 Å². The van der Waals surface area contributed by atoms with E-state index in [1.807, 2.05) is 12.1 Å². The van der Waals surface area contributed by atoms with Crippen molar-refractivity contribution in [2.45, 2.75) is 57.2 Å². The van der Waals surface area contributed by atoms with Gasteiger partial charge in [0.15, 0.2) is 0 Å². The third-order valence-electron chi connectivity index (χ3n) is 6.29. The maximum Gasteiger partial charge on any atom is 0.222 e. The van der Waals surface area contributed by atoms with Gasteiger partial charge in [-0.3, -0.25) is 9.69 Å². The van der Waals surface area contributed by atoms with E-state index < -0.39 is 0 Å². The second kappa shape index (κ2) is 10.8. The van der Waals surface area contributed by atoms with E-state index in [-0.39, 0.29) is 30.6 Å². The first-order valence-corrected chi connectivity index (χ1v) is 10.2. The Morgan fingerprint density at radius 2 is 1.68 bits per heavy atom. The predicted molar refractivity (Wildman–Crippen MR) is 115 cm³/mol. The zero-order valence-electron chi connectivity index (χ0n) is 16.3. The second-order valence-electron chi connectivity index (χ2n) is 8.32. The van der Waals surface area contributed by atoms with Crippen molar-refractivity contribution in [1.29, 1.82) is 0 Å². The lowest BCUT2D eigenvalue weighted by molar-refractivity contribution is -0.132. The van der Waals surface area contributed by atoms with Gasteiger partial charge in [0.2, 0.25) is 5.91 Å². The van der Waals surface area contributed by atoms with Gasteiger partial charge in [0.25, 0.3) is 0 Å². The quantitative estimate of drug-likeness (QED) is 0.790. The largest absolute Gasteiger partial charge is 0.341 e. The molecular formula is C21H32Cl2FN3O. The Balaban J connectivity index is 0.00000140. The van der Waals surface area contributed by atoms with Crippen molar-refractivity contribution < 1.29 is 9.18 Å². The average Bonchev–Trinajstić information content (AvgIpc) is 2.83. The number of piperidine rings is 1. The topological polar surface area (TPSA) is 35.6 Å². The molecule has 1 aromatic rings. The summed E-state index contributed by atoms with van der Waals surface area (Å²) in [4.78, 5) is 17.3. The summed E-state index contributed by atoms with van der Waals surface area (Å²) in [7, 11) is 0. The number of hydrogen-bond acceptors (Lipinski definition) is 3. The van der Waals surface area contributed by atoms with E-state index in [0.717, 1.165) is 51.1 Å². The SMILES string of the molecule is Cl.Cl.O=C(CC1CC2CCC(C1)N2)N1CCCN(Cc2ccc(F)cc2)CC1. The van der Waals surface area contributed by atoms with Crippen molar-refractivity contribution in [3.05, 3.63) is 35.6 Å². The van der Waals surface area contributed by atoms with Crippen LogP contribution >= 0.6 is 24.8 Å². The molecule has 1 aromatic carbocycles. The minimum atomic E-state index is -0.187. The third-order valence-corrected chi connectivity index (χ3v) is 6.29. The van der Waals surface area contributed by atoms with Gasteiger partial charge in [0.1, 0.15) is 5.82 Å². The molecule has 0 spiro atoms. The Bertz CT molecular complexity index is 619. The number of benzene rings is 1. The fraction of sp³-hybridized carbons (Fsp3) is 0.667. The number of carbonyl (C=O) groups is 1. The van der Waals surface area contributed by atoms with E-state index in [1.54, 1.807) is 0 Å². The minimum absolute atomic E-state index is 0. The number of hydrogen-bond donors (Lipinski definition) is 1. The van der Waals surface area contributed by atoms with Crippen LogP contribution in [0.25, 0.3) is 0 Å². The molecule has 3 aliphatic rings. The molecule has 1 N–H and O–H groups in total. The van der Waals surface area contributed by atoms with Crippen LogP contribution < -0.4 is 5.32 Å². The fourth-order valence-electron chi connectivity index (χ4n) is 4.94. The van der Waals surface area contributed by atoms with Crippen LogP contribution in [0, 0.1) is 11.7 Å². The van der Waals surface area contributed by atoms with Gasteiger partial charge in [0, 0.05) is 51.2 Å². The molecule has 28 heavy (non-hydrogen) atoms. The zero-order chi connectivity index (χ0) is 17.9. The van der Waals surface area contributed by atoms with Crippen molar-refractivity contribution >= 4 is 30.7 Å². The van der Waals surface area contributed by atoms with Crippen LogP contribution in [0.3, 0.4) is 0 Å². The standard InChI is InChI=1S/C21H30FN3O.2ClH/c22-18-4-2-16(3-5-18)15-24-8-1-9-25(11-10-24)21(26)14-17-12-19-6-7-20(13-17)23-19;;/h2-5,17,19-20,23H,1,6-15H2;2*1H. The number of halogens is 3. The highest BCUT2D eigenvalue weighted by molar-refractivity contribution is 5.85. The maximum absolute atomic E-state index is 13.1. The summed E-state index contributed by atoms with van der Waals surface area (Å²) in [5.41, 5.74) is 1.14. The molecule has 1 amide bonds. The molecule has 158 valence electrons. The third kappa shape index (κ3) is 6.06. The van der Waals surface area contributed by atoms with Crippen molar-refractivity contribution in [2.24, 2.45) is 5.92 Å². The highest BCUT2D eigenvalue weighted by atomic mass is 35.5. The van der Waals surface area contributed by atoms with Crippen LogP contribution in [0.4, 0.5) is 4.39 Å². The molecule has 2 atom stereocenters. The molecule has 2 bridgehead atoms. The summed E-state index contributed by atoms with van der Waals surface area (Å²) in [5, 5.41) is 3.66. The Morgan fingerprint density at radius 1 is 1.00 bits per heavy atom. The molecule has 4 nitrogen and oxygen atoms in total. The molecule has 3 saturated heterocycles. The van der Waals surface area contributed by atoms with Gasteiger partial charge in [-0.1, -0.05) is 12.1 Å². The first-order chi connectivity index (χ1) is 12.7. The lowest BCUT2D eigenvalue weighted by Crippen LogP contribution is -2.41. The van der Waals surface area contributed by atoms with Crippen LogP contribution in [0.1, 0.15) is 44.1 Å². The van der Waals surface area contributed by atoms with E-state index in [0.29, 0.717) is 23.9 Å². The monoisotopic (exact) mass is 431 g/mol. The summed E-state index contributed by atoms with van der Waals surface area (Å²) in [6, 6.07) is 8.07. The summed E-state index contributed by atoms with van der Waals surface area (Å²) in [6.07, 6.45) is 6.67. The van der Waals surface area contributed by atoms with Crippen molar-refractivity contribution in [3.8, 4) is 0 Å². The Labute approximate surface area is 180 Å². The number of rotatable bonds is 4. The number of fused-ring (bicyclic) bond motifs is 2. The minimum Gasteiger partial charge on any atom is -0.341 e. The van der Waals surface area contributed by atoms with Gasteiger partial charge in [0.05, 0.1) is 0 Å². The van der Waals surface area contributed by atoms with E-state index >= 15 is 0 Å². The lowest BCUT2D eigenvalue weighted by Gasteiger charge is -2.30. The fourth-order valence-corrected chi connectivity index (χ4v) is 4.94. The van der Waals surface area contributed by atoms with E-state index in [1.165, 1.54) is 37.8 Å². The summed E-state index contributed by atoms with van der Waals surface area (Å²) in [6.45, 7) is 4.42. The highest BCUT2D eigenvalue weighted by Gasteiger charge is 2.35. The van der Waals surface area contributed by atoms with E-state index in [2.05, 4.69) is 15.1 Å². The Hall–Kier alpha value is -0.880. The summed E-state index contributed by atoms with van der Waals surface area (Å²) >= 11 is 0. The van der Waals surface area contributed by atoms with Crippen LogP contribution in [-0.4, -0.2) is 54.0 Å². The number of amides is 1. The van der Waals surface area contributed by atoms with Crippen LogP contribution in [0.5, 0.6) is 0 Å². The Kier molecular flexibility index (Phi) is 9.00. The van der Waals surface area contributed by atoms with Crippen LogP contribution in [0.15, 0.2) is 24.3 Å². The second-order valence-corrected chi connectivity index (χ2v) is 8.32. The molecule has 4 rings (SSSR count). The van der Waals surface area contributed by atoms with Gasteiger partial charge in [-0.2, -0.15) is 0 Å². The highest BCUT2D eigenvalue weighted by Crippen LogP contribution is 2.33. The number of nitrogens with one attached hydrogen (secondary N) is 1. The molecule has 2 unspecified atom stereocenters. The van der Waals surface area contributed by atoms with Gasteiger partial charge < -0.3 is 10.2 Å². The van der Waals surface area contributed by atoms with E-state index in [9.17, 15) is 9.18 Å². The number of nitrogens with zero attached hydrogens (tertiary/aromatic N) is 2.